The fourth-order valence-electron chi connectivity index (χ4n) is 3.36. The number of hydrogen-bond donors (Lipinski definition) is 0. The quantitative estimate of drug-likeness (QED) is 0.748. The smallest absolute Gasteiger partial charge is 0.274 e. The molecule has 0 N–H and O–H groups in total. The van der Waals surface area contributed by atoms with Crippen molar-refractivity contribution in [1.29, 1.82) is 0 Å². The molecule has 2 saturated heterocycles. The Hall–Kier alpha value is -2.81. The van der Waals surface area contributed by atoms with Gasteiger partial charge in [-0.05, 0) is 13.1 Å². The molecule has 0 radical (unpaired) electrons. The second-order valence-electron chi connectivity index (χ2n) is 6.88. The Balaban J connectivity index is 1.35. The van der Waals surface area contributed by atoms with Crippen LogP contribution in [0.4, 0.5) is 11.8 Å². The van der Waals surface area contributed by atoms with Gasteiger partial charge in [0, 0.05) is 64.8 Å². The number of aromatic nitrogens is 4. The molecule has 4 heterocycles. The summed E-state index contributed by atoms with van der Waals surface area (Å²) in [6.07, 6.45) is 6.78. The van der Waals surface area contributed by atoms with Crippen LogP contribution in [0.2, 0.25) is 0 Å². The van der Waals surface area contributed by atoms with E-state index in [9.17, 15) is 4.79 Å². The zero-order valence-corrected chi connectivity index (χ0v) is 15.5. The van der Waals surface area contributed by atoms with Gasteiger partial charge in [0.15, 0.2) is 0 Å². The Labute approximate surface area is 158 Å². The molecule has 4 rings (SSSR count). The van der Waals surface area contributed by atoms with Gasteiger partial charge in [0.05, 0.1) is 12.4 Å². The minimum Gasteiger partial charge on any atom is -0.353 e. The van der Waals surface area contributed by atoms with Crippen molar-refractivity contribution in [1.82, 2.24) is 29.7 Å². The summed E-state index contributed by atoms with van der Waals surface area (Å²) in [4.78, 5) is 38.5. The first-order valence-electron chi connectivity index (χ1n) is 9.27. The molecule has 27 heavy (non-hydrogen) atoms. The molecule has 142 valence electrons. The van der Waals surface area contributed by atoms with E-state index in [2.05, 4.69) is 41.7 Å². The van der Waals surface area contributed by atoms with Gasteiger partial charge in [0.25, 0.3) is 5.91 Å². The Morgan fingerprint density at radius 2 is 1.48 bits per heavy atom. The largest absolute Gasteiger partial charge is 0.353 e. The monoisotopic (exact) mass is 368 g/mol. The maximum Gasteiger partial charge on any atom is 0.274 e. The lowest BCUT2D eigenvalue weighted by atomic mass is 10.3. The van der Waals surface area contributed by atoms with Gasteiger partial charge in [0.2, 0.25) is 5.95 Å². The van der Waals surface area contributed by atoms with Gasteiger partial charge < -0.3 is 19.6 Å². The molecule has 0 aliphatic carbocycles. The number of piperazine rings is 2. The minimum atomic E-state index is -0.0685. The highest BCUT2D eigenvalue weighted by atomic mass is 16.2. The molecule has 0 aromatic carbocycles. The summed E-state index contributed by atoms with van der Waals surface area (Å²) in [5.74, 6) is 1.48. The first-order valence-corrected chi connectivity index (χ1v) is 9.27. The average molecular weight is 368 g/mol. The van der Waals surface area contributed by atoms with Crippen LogP contribution in [0.3, 0.4) is 0 Å². The van der Waals surface area contributed by atoms with Crippen LogP contribution in [0, 0.1) is 0 Å². The van der Waals surface area contributed by atoms with Crippen molar-refractivity contribution in [3.05, 3.63) is 36.5 Å². The second kappa shape index (κ2) is 7.83. The van der Waals surface area contributed by atoms with Crippen LogP contribution < -0.4 is 9.80 Å². The maximum atomic E-state index is 12.7. The zero-order chi connectivity index (χ0) is 18.6. The van der Waals surface area contributed by atoms with E-state index in [1.54, 1.807) is 30.9 Å². The standard InChI is InChI=1S/C18H24N8O/c1-23-5-7-24(8-6-23)16-14-21-15(13-22-16)17(27)25-9-11-26(12-10-25)18-19-3-2-4-20-18/h2-4,13-14H,5-12H2,1H3. The number of hydrogen-bond acceptors (Lipinski definition) is 8. The summed E-state index contributed by atoms with van der Waals surface area (Å²) in [6.45, 7) is 6.56. The van der Waals surface area contributed by atoms with Crippen LogP contribution in [0.25, 0.3) is 0 Å². The number of anilines is 2. The highest BCUT2D eigenvalue weighted by Gasteiger charge is 2.24. The van der Waals surface area contributed by atoms with Crippen molar-refractivity contribution in [3.63, 3.8) is 0 Å². The van der Waals surface area contributed by atoms with Crippen LogP contribution >= 0.6 is 0 Å². The lowest BCUT2D eigenvalue weighted by Crippen LogP contribution is -2.49. The maximum absolute atomic E-state index is 12.7. The van der Waals surface area contributed by atoms with Gasteiger partial charge in [-0.15, -0.1) is 0 Å². The summed E-state index contributed by atoms with van der Waals surface area (Å²) in [5.41, 5.74) is 0.400. The molecule has 2 aliphatic rings. The lowest BCUT2D eigenvalue weighted by molar-refractivity contribution is 0.0740. The Morgan fingerprint density at radius 3 is 2.11 bits per heavy atom. The molecule has 1 amide bonds. The highest BCUT2D eigenvalue weighted by molar-refractivity contribution is 5.92. The van der Waals surface area contributed by atoms with E-state index in [4.69, 9.17) is 0 Å². The fraction of sp³-hybridized carbons (Fsp3) is 0.500. The van der Waals surface area contributed by atoms with Gasteiger partial charge in [-0.3, -0.25) is 4.79 Å². The highest BCUT2D eigenvalue weighted by Crippen LogP contribution is 2.14. The molecule has 0 bridgehead atoms. The molecule has 0 unspecified atom stereocenters. The van der Waals surface area contributed by atoms with Crippen molar-refractivity contribution in [3.8, 4) is 0 Å². The van der Waals surface area contributed by atoms with E-state index >= 15 is 0 Å². The molecule has 2 fully saturated rings. The molecule has 2 aromatic rings. The summed E-state index contributed by atoms with van der Waals surface area (Å²) in [6, 6.07) is 1.80. The fourth-order valence-corrected chi connectivity index (χ4v) is 3.36. The van der Waals surface area contributed by atoms with Gasteiger partial charge in [-0.1, -0.05) is 0 Å². The molecule has 9 heteroatoms. The summed E-state index contributed by atoms with van der Waals surface area (Å²) >= 11 is 0. The first-order chi connectivity index (χ1) is 13.2. The summed E-state index contributed by atoms with van der Waals surface area (Å²) in [7, 11) is 2.12. The predicted molar refractivity (Wildman–Crippen MR) is 102 cm³/mol. The van der Waals surface area contributed by atoms with E-state index in [1.807, 2.05) is 4.90 Å². The summed E-state index contributed by atoms with van der Waals surface area (Å²) < 4.78 is 0. The Bertz CT molecular complexity index is 753. The third-order valence-corrected chi connectivity index (χ3v) is 5.09. The first kappa shape index (κ1) is 17.6. The van der Waals surface area contributed by atoms with E-state index in [1.165, 1.54) is 0 Å². The topological polar surface area (TPSA) is 81.6 Å². The number of likely N-dealkylation sites (N-methyl/N-ethyl adjacent to an activating group) is 1. The van der Waals surface area contributed by atoms with Gasteiger partial charge in [0.1, 0.15) is 11.5 Å². The van der Waals surface area contributed by atoms with Crippen molar-refractivity contribution >= 4 is 17.7 Å². The van der Waals surface area contributed by atoms with E-state index in [-0.39, 0.29) is 5.91 Å². The van der Waals surface area contributed by atoms with Crippen LogP contribution in [-0.2, 0) is 0 Å². The van der Waals surface area contributed by atoms with Crippen LogP contribution in [-0.4, -0.2) is 95.0 Å². The normalized spacial score (nSPS) is 18.6. The predicted octanol–water partition coefficient (Wildman–Crippen LogP) is -0.0192. The SMILES string of the molecule is CN1CCN(c2cnc(C(=O)N3CCN(c4ncccn4)CC3)cn2)CC1. The molecule has 0 atom stereocenters. The molecular weight excluding hydrogens is 344 g/mol. The second-order valence-corrected chi connectivity index (χ2v) is 6.88. The number of rotatable bonds is 3. The number of carbonyl (C=O) groups excluding carboxylic acids is 1. The zero-order valence-electron chi connectivity index (χ0n) is 15.5. The molecular formula is C18H24N8O. The Kier molecular flexibility index (Phi) is 5.10. The van der Waals surface area contributed by atoms with E-state index in [0.717, 1.165) is 32.0 Å². The molecule has 0 saturated carbocycles. The summed E-state index contributed by atoms with van der Waals surface area (Å²) in [5, 5.41) is 0. The Morgan fingerprint density at radius 1 is 0.815 bits per heavy atom. The third kappa shape index (κ3) is 3.97. The minimum absolute atomic E-state index is 0.0685. The lowest BCUT2D eigenvalue weighted by Gasteiger charge is -2.34. The van der Waals surface area contributed by atoms with Crippen LogP contribution in [0.1, 0.15) is 10.5 Å². The van der Waals surface area contributed by atoms with Gasteiger partial charge in [-0.2, -0.15) is 0 Å². The van der Waals surface area contributed by atoms with E-state index < -0.39 is 0 Å². The van der Waals surface area contributed by atoms with Crippen LogP contribution in [0.5, 0.6) is 0 Å². The molecule has 2 aliphatic heterocycles. The van der Waals surface area contributed by atoms with E-state index in [0.29, 0.717) is 37.8 Å². The third-order valence-electron chi connectivity index (χ3n) is 5.09. The van der Waals surface area contributed by atoms with Crippen molar-refractivity contribution in [2.45, 2.75) is 0 Å². The number of nitrogens with zero attached hydrogens (tertiary/aromatic N) is 8. The van der Waals surface area contributed by atoms with Gasteiger partial charge in [-0.25, -0.2) is 19.9 Å². The molecule has 0 spiro atoms. The average Bonchev–Trinajstić information content (AvgIpc) is 2.75. The molecule has 2 aromatic heterocycles. The van der Waals surface area contributed by atoms with Crippen molar-refractivity contribution < 1.29 is 4.79 Å². The van der Waals surface area contributed by atoms with Crippen molar-refractivity contribution in [2.75, 3.05) is 69.2 Å². The number of amides is 1. The number of carbonyl (C=O) groups is 1. The van der Waals surface area contributed by atoms with Gasteiger partial charge >= 0.3 is 0 Å². The molecule has 9 nitrogen and oxygen atoms in total. The van der Waals surface area contributed by atoms with Crippen LogP contribution in [0.15, 0.2) is 30.9 Å². The van der Waals surface area contributed by atoms with Crippen molar-refractivity contribution in [2.24, 2.45) is 0 Å².